The normalized spacial score (nSPS) is 36.4. The van der Waals surface area contributed by atoms with Crippen LogP contribution in [0.3, 0.4) is 0 Å². The fourth-order valence-corrected chi connectivity index (χ4v) is 2.32. The molecular weight excluding hydrogens is 280 g/mol. The molecule has 0 bridgehead atoms. The minimum absolute atomic E-state index is 0.308. The second-order valence-corrected chi connectivity index (χ2v) is 5.08. The summed E-state index contributed by atoms with van der Waals surface area (Å²) in [6.45, 7) is -0.674. The van der Waals surface area contributed by atoms with Crippen LogP contribution in [0.25, 0.3) is 0 Å². The summed E-state index contributed by atoms with van der Waals surface area (Å²) in [5.74, 6) is -2.88. The number of ketones is 1. The van der Waals surface area contributed by atoms with E-state index in [9.17, 15) is 25.2 Å². The van der Waals surface area contributed by atoms with Gasteiger partial charge in [0, 0.05) is 5.56 Å². The lowest BCUT2D eigenvalue weighted by molar-refractivity contribution is -0.346. The largest absolute Gasteiger partial charge is 0.394 e. The molecule has 7 heteroatoms. The molecule has 0 aliphatic carbocycles. The Morgan fingerprint density at radius 3 is 2.33 bits per heavy atom. The first-order chi connectivity index (χ1) is 9.89. The van der Waals surface area contributed by atoms with E-state index in [1.165, 1.54) is 12.1 Å². The Hall–Kier alpha value is -1.35. The van der Waals surface area contributed by atoms with E-state index in [1.807, 2.05) is 0 Å². The van der Waals surface area contributed by atoms with Crippen molar-refractivity contribution in [1.29, 1.82) is 0 Å². The van der Waals surface area contributed by atoms with Crippen molar-refractivity contribution in [3.05, 3.63) is 35.9 Å². The molecule has 0 radical (unpaired) electrons. The molecule has 0 amide bonds. The zero-order valence-electron chi connectivity index (χ0n) is 11.2. The Kier molecular flexibility index (Phi) is 4.72. The Bertz CT molecular complexity index is 489. The van der Waals surface area contributed by atoms with Gasteiger partial charge in [-0.15, -0.1) is 0 Å². The highest BCUT2D eigenvalue weighted by Crippen LogP contribution is 2.31. The van der Waals surface area contributed by atoms with Crippen molar-refractivity contribution in [3.8, 4) is 0 Å². The molecule has 5 atom stereocenters. The van der Waals surface area contributed by atoms with E-state index in [4.69, 9.17) is 9.84 Å². The molecule has 0 unspecified atom stereocenters. The summed E-state index contributed by atoms with van der Waals surface area (Å²) in [6, 6.07) is 8.08. The van der Waals surface area contributed by atoms with Crippen LogP contribution < -0.4 is 0 Å². The lowest BCUT2D eigenvalue weighted by Crippen LogP contribution is -2.65. The van der Waals surface area contributed by atoms with Crippen LogP contribution >= 0.6 is 0 Å². The fourth-order valence-electron chi connectivity index (χ4n) is 2.32. The van der Waals surface area contributed by atoms with Crippen molar-refractivity contribution in [2.24, 2.45) is 0 Å². The van der Waals surface area contributed by atoms with Crippen LogP contribution in [-0.4, -0.2) is 68.1 Å². The molecule has 0 spiro atoms. The van der Waals surface area contributed by atoms with Gasteiger partial charge in [-0.2, -0.15) is 0 Å². The summed E-state index contributed by atoms with van der Waals surface area (Å²) in [4.78, 5) is 12.1. The number of ether oxygens (including phenoxy) is 1. The molecule has 1 aromatic carbocycles. The molecule has 1 fully saturated rings. The standard InChI is InChI=1S/C14H18O7/c15-7-10-11(17)12(18)13(19)14(20,21-10)6-9(16)8-4-2-1-3-5-8/h1-5,10-13,15,17-20H,6-7H2/t10-,11+,12+,13-,14+/m1/s1. The number of aliphatic hydroxyl groups is 5. The van der Waals surface area contributed by atoms with Gasteiger partial charge in [-0.3, -0.25) is 4.79 Å². The Morgan fingerprint density at radius 2 is 1.76 bits per heavy atom. The van der Waals surface area contributed by atoms with Gasteiger partial charge in [-0.05, 0) is 0 Å². The molecule has 0 saturated carbocycles. The second-order valence-electron chi connectivity index (χ2n) is 5.08. The summed E-state index contributed by atoms with van der Waals surface area (Å²) in [7, 11) is 0. The summed E-state index contributed by atoms with van der Waals surface area (Å²) in [5, 5.41) is 48.5. The average Bonchev–Trinajstić information content (AvgIpc) is 2.50. The number of hydrogen-bond acceptors (Lipinski definition) is 7. The lowest BCUT2D eigenvalue weighted by Gasteiger charge is -2.45. The fraction of sp³-hybridized carbons (Fsp3) is 0.500. The molecule has 7 nitrogen and oxygen atoms in total. The van der Waals surface area contributed by atoms with Gasteiger partial charge in [-0.25, -0.2) is 0 Å². The third-order valence-electron chi connectivity index (χ3n) is 3.56. The maximum absolute atomic E-state index is 12.1. The first kappa shape index (κ1) is 16.0. The van der Waals surface area contributed by atoms with Gasteiger partial charge >= 0.3 is 0 Å². The van der Waals surface area contributed by atoms with E-state index < -0.39 is 49.0 Å². The number of benzene rings is 1. The highest BCUT2D eigenvalue weighted by Gasteiger charge is 2.53. The van der Waals surface area contributed by atoms with Crippen molar-refractivity contribution < 1.29 is 35.1 Å². The molecule has 1 aromatic rings. The predicted octanol–water partition coefficient (Wildman–Crippen LogP) is -1.58. The highest BCUT2D eigenvalue weighted by molar-refractivity contribution is 5.96. The van der Waals surface area contributed by atoms with E-state index in [1.54, 1.807) is 18.2 Å². The zero-order valence-corrected chi connectivity index (χ0v) is 11.2. The molecule has 0 aromatic heterocycles. The van der Waals surface area contributed by atoms with Crippen LogP contribution in [0.5, 0.6) is 0 Å². The summed E-state index contributed by atoms with van der Waals surface area (Å²) in [6.07, 6.45) is -7.07. The van der Waals surface area contributed by atoms with Crippen molar-refractivity contribution in [1.82, 2.24) is 0 Å². The maximum Gasteiger partial charge on any atom is 0.202 e. The van der Waals surface area contributed by atoms with Gasteiger partial charge in [0.25, 0.3) is 0 Å². The van der Waals surface area contributed by atoms with Crippen molar-refractivity contribution in [2.75, 3.05) is 6.61 Å². The first-order valence-corrected chi connectivity index (χ1v) is 6.52. The molecule has 1 aliphatic heterocycles. The Morgan fingerprint density at radius 1 is 1.14 bits per heavy atom. The van der Waals surface area contributed by atoms with Crippen LogP contribution in [0, 0.1) is 0 Å². The topological polar surface area (TPSA) is 127 Å². The smallest absolute Gasteiger partial charge is 0.202 e. The number of aliphatic hydroxyl groups excluding tert-OH is 4. The molecule has 1 heterocycles. The number of carbonyl (C=O) groups is 1. The molecule has 1 saturated heterocycles. The van der Waals surface area contributed by atoms with E-state index >= 15 is 0 Å². The van der Waals surface area contributed by atoms with Gasteiger partial charge in [0.15, 0.2) is 5.78 Å². The van der Waals surface area contributed by atoms with Gasteiger partial charge in [0.2, 0.25) is 5.79 Å². The third-order valence-corrected chi connectivity index (χ3v) is 3.56. The van der Waals surface area contributed by atoms with Crippen molar-refractivity contribution in [2.45, 2.75) is 36.6 Å². The van der Waals surface area contributed by atoms with Crippen LogP contribution in [0.2, 0.25) is 0 Å². The zero-order chi connectivity index (χ0) is 15.6. The van der Waals surface area contributed by atoms with Crippen LogP contribution in [0.4, 0.5) is 0 Å². The van der Waals surface area contributed by atoms with Crippen molar-refractivity contribution in [3.63, 3.8) is 0 Å². The summed E-state index contributed by atoms with van der Waals surface area (Å²) in [5.41, 5.74) is 0.308. The summed E-state index contributed by atoms with van der Waals surface area (Å²) >= 11 is 0. The number of carbonyl (C=O) groups excluding carboxylic acids is 1. The number of rotatable bonds is 4. The first-order valence-electron chi connectivity index (χ1n) is 6.52. The number of hydrogen-bond donors (Lipinski definition) is 5. The molecule has 2 rings (SSSR count). The van der Waals surface area contributed by atoms with Crippen LogP contribution in [-0.2, 0) is 4.74 Å². The second kappa shape index (κ2) is 6.18. The highest BCUT2D eigenvalue weighted by atomic mass is 16.7. The van der Waals surface area contributed by atoms with E-state index in [0.29, 0.717) is 5.56 Å². The van der Waals surface area contributed by atoms with Crippen LogP contribution in [0.1, 0.15) is 16.8 Å². The maximum atomic E-state index is 12.1. The quantitative estimate of drug-likeness (QED) is 0.425. The molecular formula is C14H18O7. The van der Waals surface area contributed by atoms with E-state index in [-0.39, 0.29) is 0 Å². The van der Waals surface area contributed by atoms with E-state index in [0.717, 1.165) is 0 Å². The number of Topliss-reactive ketones (excluding diaryl/α,β-unsaturated/α-hetero) is 1. The lowest BCUT2D eigenvalue weighted by atomic mass is 9.88. The monoisotopic (exact) mass is 298 g/mol. The predicted molar refractivity (Wildman–Crippen MR) is 70.3 cm³/mol. The van der Waals surface area contributed by atoms with Gasteiger partial charge in [0.05, 0.1) is 13.0 Å². The minimum atomic E-state index is -2.38. The molecule has 5 N–H and O–H groups in total. The van der Waals surface area contributed by atoms with Gasteiger partial charge in [-0.1, -0.05) is 30.3 Å². The molecule has 1 aliphatic rings. The SMILES string of the molecule is O=C(C[C@]1(O)O[C@H](CO)[C@H](O)[C@H](O)[C@H]1O)c1ccccc1. The van der Waals surface area contributed by atoms with Crippen LogP contribution in [0.15, 0.2) is 30.3 Å². The van der Waals surface area contributed by atoms with Gasteiger partial charge in [0.1, 0.15) is 24.4 Å². The minimum Gasteiger partial charge on any atom is -0.394 e. The van der Waals surface area contributed by atoms with Crippen molar-refractivity contribution >= 4 is 5.78 Å². The Balaban J connectivity index is 2.18. The third kappa shape index (κ3) is 3.13. The van der Waals surface area contributed by atoms with E-state index in [2.05, 4.69) is 0 Å². The summed E-state index contributed by atoms with van der Waals surface area (Å²) < 4.78 is 5.03. The molecule has 21 heavy (non-hydrogen) atoms. The van der Waals surface area contributed by atoms with Gasteiger partial charge < -0.3 is 30.3 Å². The average molecular weight is 298 g/mol. The molecule has 116 valence electrons. The Labute approximate surface area is 121 Å².